The second-order valence-corrected chi connectivity index (χ2v) is 8.86. The molecule has 3 aromatic rings. The second kappa shape index (κ2) is 9.19. The molecule has 0 atom stereocenters. The fourth-order valence-corrected chi connectivity index (χ4v) is 4.51. The van der Waals surface area contributed by atoms with Crippen molar-refractivity contribution in [1.29, 1.82) is 0 Å². The molecule has 3 heterocycles. The number of carbonyl (C=O) groups excluding carboxylic acids is 1. The van der Waals surface area contributed by atoms with Crippen LogP contribution in [-0.2, 0) is 6.54 Å². The normalized spacial score (nSPS) is 15.9. The molecule has 5 rings (SSSR count). The number of piperazine rings is 1. The largest absolute Gasteiger partial charge is 0.359 e. The minimum absolute atomic E-state index is 0.0159. The summed E-state index contributed by atoms with van der Waals surface area (Å²) in [6.07, 6.45) is 0. The van der Waals surface area contributed by atoms with E-state index >= 15 is 0 Å². The number of aromatic nitrogens is 2. The van der Waals surface area contributed by atoms with Crippen molar-refractivity contribution in [3.63, 3.8) is 0 Å². The van der Waals surface area contributed by atoms with E-state index in [0.717, 1.165) is 48.7 Å². The topological polar surface area (TPSA) is 73.4 Å². The second-order valence-electron chi connectivity index (χ2n) is 8.86. The highest BCUT2D eigenvalue weighted by atomic mass is 16.2. The Balaban J connectivity index is 1.59. The summed E-state index contributed by atoms with van der Waals surface area (Å²) >= 11 is 0. The first kappa shape index (κ1) is 21.4. The highest BCUT2D eigenvalue weighted by Crippen LogP contribution is 2.34. The van der Waals surface area contributed by atoms with Crippen LogP contribution >= 0.6 is 0 Å². The molecule has 0 bridgehead atoms. The van der Waals surface area contributed by atoms with E-state index in [1.165, 1.54) is 0 Å². The van der Waals surface area contributed by atoms with Gasteiger partial charge in [0.2, 0.25) is 5.95 Å². The molecule has 170 valence electrons. The van der Waals surface area contributed by atoms with Crippen molar-refractivity contribution in [2.45, 2.75) is 32.5 Å². The molecule has 33 heavy (non-hydrogen) atoms. The summed E-state index contributed by atoms with van der Waals surface area (Å²) in [5, 5.41) is 7.07. The Morgan fingerprint density at radius 3 is 2.09 bits per heavy atom. The SMILES string of the molecule is CC(C)N1Cc2c(NC(c3ccccc3)c3ccccc3)nc(N3CCNCC3)nc2C1=O. The van der Waals surface area contributed by atoms with E-state index in [1.807, 2.05) is 55.1 Å². The first-order chi connectivity index (χ1) is 16.1. The van der Waals surface area contributed by atoms with Crippen LogP contribution in [0.4, 0.5) is 11.8 Å². The number of fused-ring (bicyclic) bond motifs is 1. The Labute approximate surface area is 194 Å². The minimum atomic E-state index is -0.0922. The quantitative estimate of drug-likeness (QED) is 0.609. The van der Waals surface area contributed by atoms with Gasteiger partial charge in [-0.25, -0.2) is 4.98 Å². The van der Waals surface area contributed by atoms with Crippen LogP contribution in [0.3, 0.4) is 0 Å². The van der Waals surface area contributed by atoms with Crippen molar-refractivity contribution in [3.8, 4) is 0 Å². The summed E-state index contributed by atoms with van der Waals surface area (Å²) in [4.78, 5) is 27.0. The maximum Gasteiger partial charge on any atom is 0.273 e. The standard InChI is InChI=1S/C26H30N6O/c1-18(2)32-17-21-23(25(32)33)29-26(31-15-13-27-14-16-31)30-24(21)28-22(19-9-5-3-6-10-19)20-11-7-4-8-12-20/h3-12,18,22,27H,13-17H2,1-2H3,(H,28,29,30). The highest BCUT2D eigenvalue weighted by Gasteiger charge is 2.35. The number of anilines is 2. The van der Waals surface area contributed by atoms with E-state index in [1.54, 1.807) is 0 Å². The zero-order valence-electron chi connectivity index (χ0n) is 19.2. The lowest BCUT2D eigenvalue weighted by molar-refractivity contribution is 0.0726. The number of hydrogen-bond donors (Lipinski definition) is 2. The fraction of sp³-hybridized carbons (Fsp3) is 0.346. The van der Waals surface area contributed by atoms with E-state index in [-0.39, 0.29) is 18.0 Å². The van der Waals surface area contributed by atoms with Gasteiger partial charge in [-0.15, -0.1) is 0 Å². The lowest BCUT2D eigenvalue weighted by Gasteiger charge is -2.28. The van der Waals surface area contributed by atoms with Gasteiger partial charge in [0.05, 0.1) is 12.6 Å². The minimum Gasteiger partial charge on any atom is -0.359 e. The molecule has 2 aliphatic rings. The van der Waals surface area contributed by atoms with Gasteiger partial charge in [-0.1, -0.05) is 60.7 Å². The predicted molar refractivity (Wildman–Crippen MR) is 130 cm³/mol. The molecule has 0 spiro atoms. The number of rotatable bonds is 6. The molecule has 1 amide bonds. The molecule has 0 radical (unpaired) electrons. The molecule has 2 N–H and O–H groups in total. The monoisotopic (exact) mass is 442 g/mol. The van der Waals surface area contributed by atoms with Crippen LogP contribution in [-0.4, -0.2) is 53.0 Å². The van der Waals surface area contributed by atoms with Crippen molar-refractivity contribution < 1.29 is 4.79 Å². The summed E-state index contributed by atoms with van der Waals surface area (Å²) in [5.74, 6) is 1.34. The summed E-state index contributed by atoms with van der Waals surface area (Å²) in [6, 6.07) is 20.7. The molecule has 0 unspecified atom stereocenters. The zero-order valence-corrected chi connectivity index (χ0v) is 19.2. The Morgan fingerprint density at radius 2 is 1.52 bits per heavy atom. The lowest BCUT2D eigenvalue weighted by Crippen LogP contribution is -2.44. The average Bonchev–Trinajstić information content (AvgIpc) is 3.21. The Morgan fingerprint density at radius 1 is 0.909 bits per heavy atom. The van der Waals surface area contributed by atoms with E-state index in [0.29, 0.717) is 18.2 Å². The molecule has 0 saturated carbocycles. The number of nitrogens with one attached hydrogen (secondary N) is 2. The van der Waals surface area contributed by atoms with Gasteiger partial charge in [0, 0.05) is 37.8 Å². The smallest absolute Gasteiger partial charge is 0.273 e. The molecule has 7 heteroatoms. The van der Waals surface area contributed by atoms with Gasteiger partial charge in [0.1, 0.15) is 11.5 Å². The highest BCUT2D eigenvalue weighted by molar-refractivity contribution is 5.98. The van der Waals surface area contributed by atoms with Gasteiger partial charge >= 0.3 is 0 Å². The maximum atomic E-state index is 13.2. The van der Waals surface area contributed by atoms with Crippen LogP contribution in [0.5, 0.6) is 0 Å². The van der Waals surface area contributed by atoms with Crippen LogP contribution in [0.15, 0.2) is 60.7 Å². The van der Waals surface area contributed by atoms with Gasteiger partial charge in [0.25, 0.3) is 5.91 Å². The van der Waals surface area contributed by atoms with E-state index in [9.17, 15) is 4.79 Å². The predicted octanol–water partition coefficient (Wildman–Crippen LogP) is 3.45. The first-order valence-corrected chi connectivity index (χ1v) is 11.7. The number of amides is 1. The summed E-state index contributed by atoms with van der Waals surface area (Å²) in [5.41, 5.74) is 3.69. The van der Waals surface area contributed by atoms with Crippen LogP contribution in [0, 0.1) is 0 Å². The molecule has 7 nitrogen and oxygen atoms in total. The third-order valence-corrected chi connectivity index (χ3v) is 6.36. The molecule has 2 aromatic carbocycles. The number of hydrogen-bond acceptors (Lipinski definition) is 6. The van der Waals surface area contributed by atoms with Crippen molar-refractivity contribution in [3.05, 3.63) is 83.0 Å². The third-order valence-electron chi connectivity index (χ3n) is 6.36. The molecule has 2 aliphatic heterocycles. The maximum absolute atomic E-state index is 13.2. The molecular weight excluding hydrogens is 412 g/mol. The van der Waals surface area contributed by atoms with Crippen molar-refractivity contribution >= 4 is 17.7 Å². The van der Waals surface area contributed by atoms with Gasteiger partial charge in [-0.05, 0) is 25.0 Å². The van der Waals surface area contributed by atoms with Gasteiger partial charge in [-0.3, -0.25) is 4.79 Å². The lowest BCUT2D eigenvalue weighted by atomic mass is 9.98. The van der Waals surface area contributed by atoms with E-state index in [4.69, 9.17) is 9.97 Å². The summed E-state index contributed by atoms with van der Waals surface area (Å²) in [7, 11) is 0. The third kappa shape index (κ3) is 4.28. The van der Waals surface area contributed by atoms with Crippen molar-refractivity contribution in [2.75, 3.05) is 36.4 Å². The van der Waals surface area contributed by atoms with Crippen LogP contribution in [0.1, 0.15) is 47.1 Å². The fourth-order valence-electron chi connectivity index (χ4n) is 4.51. The molecule has 1 aromatic heterocycles. The number of nitrogens with zero attached hydrogens (tertiary/aromatic N) is 4. The first-order valence-electron chi connectivity index (χ1n) is 11.7. The van der Waals surface area contributed by atoms with Crippen LogP contribution < -0.4 is 15.5 Å². The van der Waals surface area contributed by atoms with Crippen molar-refractivity contribution in [2.24, 2.45) is 0 Å². The Kier molecular flexibility index (Phi) is 5.96. The molecular formula is C26H30N6O. The molecule has 0 aliphatic carbocycles. The number of benzene rings is 2. The van der Waals surface area contributed by atoms with E-state index < -0.39 is 0 Å². The Hall–Kier alpha value is -3.45. The van der Waals surface area contributed by atoms with Crippen LogP contribution in [0.25, 0.3) is 0 Å². The van der Waals surface area contributed by atoms with Gasteiger partial charge in [0.15, 0.2) is 0 Å². The molecule has 1 saturated heterocycles. The zero-order chi connectivity index (χ0) is 22.8. The van der Waals surface area contributed by atoms with Gasteiger partial charge < -0.3 is 20.4 Å². The van der Waals surface area contributed by atoms with Crippen molar-refractivity contribution in [1.82, 2.24) is 20.2 Å². The Bertz CT molecular complexity index is 1070. The van der Waals surface area contributed by atoms with E-state index in [2.05, 4.69) is 39.8 Å². The van der Waals surface area contributed by atoms with Gasteiger partial charge in [-0.2, -0.15) is 4.98 Å². The molecule has 1 fully saturated rings. The van der Waals surface area contributed by atoms with Crippen LogP contribution in [0.2, 0.25) is 0 Å². The summed E-state index contributed by atoms with van der Waals surface area (Å²) in [6.45, 7) is 8.00. The average molecular weight is 443 g/mol. The number of carbonyl (C=O) groups is 1. The summed E-state index contributed by atoms with van der Waals surface area (Å²) < 4.78 is 0.